The number of carbonyl (C=O) groups excluding carboxylic acids is 2. The third-order valence-corrected chi connectivity index (χ3v) is 4.95. The number of esters is 1. The lowest BCUT2D eigenvalue weighted by molar-refractivity contribution is -0.141. The number of benzene rings is 2. The average Bonchev–Trinajstić information content (AvgIpc) is 2.80. The fourth-order valence-corrected chi connectivity index (χ4v) is 3.25. The second-order valence-electron chi connectivity index (χ2n) is 7.39. The van der Waals surface area contributed by atoms with E-state index in [1.54, 1.807) is 13.8 Å². The second-order valence-corrected chi connectivity index (χ2v) is 7.39. The van der Waals surface area contributed by atoms with Crippen molar-refractivity contribution in [3.05, 3.63) is 88.5 Å². The van der Waals surface area contributed by atoms with Gasteiger partial charge >= 0.3 is 5.97 Å². The van der Waals surface area contributed by atoms with Gasteiger partial charge in [-0.05, 0) is 43.4 Å². The van der Waals surface area contributed by atoms with E-state index >= 15 is 0 Å². The molecule has 0 atom stereocenters. The molecule has 0 saturated heterocycles. The van der Waals surface area contributed by atoms with Crippen molar-refractivity contribution in [2.45, 2.75) is 33.1 Å². The number of amides is 1. The molecule has 1 heterocycles. The van der Waals surface area contributed by atoms with Gasteiger partial charge in [0.1, 0.15) is 12.4 Å². The third-order valence-electron chi connectivity index (χ3n) is 4.95. The molecule has 32 heavy (non-hydrogen) atoms. The zero-order valence-corrected chi connectivity index (χ0v) is 18.3. The molecule has 0 spiro atoms. The fourth-order valence-electron chi connectivity index (χ4n) is 3.25. The molecule has 0 bridgehead atoms. The van der Waals surface area contributed by atoms with Crippen LogP contribution in [0.2, 0.25) is 0 Å². The largest absolute Gasteiger partial charge is 0.504 e. The Hall–Kier alpha value is -3.74. The Morgan fingerprint density at radius 2 is 1.56 bits per heavy atom. The maximum atomic E-state index is 12.4. The minimum absolute atomic E-state index is 0.156. The van der Waals surface area contributed by atoms with Crippen molar-refractivity contribution < 1.29 is 19.4 Å². The lowest BCUT2D eigenvalue weighted by atomic mass is 10.0. The molecule has 0 aliphatic heterocycles. The summed E-state index contributed by atoms with van der Waals surface area (Å²) in [5.74, 6) is -1.10. The first-order valence-electron chi connectivity index (χ1n) is 10.6. The molecular weight excluding hydrogens is 406 g/mol. The van der Waals surface area contributed by atoms with Crippen LogP contribution in [0.1, 0.15) is 45.6 Å². The number of aromatic hydroxyl groups is 1. The molecule has 0 saturated carbocycles. The van der Waals surface area contributed by atoms with Crippen LogP contribution < -0.4 is 5.32 Å². The van der Waals surface area contributed by atoms with Crippen molar-refractivity contribution in [3.63, 3.8) is 0 Å². The highest BCUT2D eigenvalue weighted by atomic mass is 16.5. The number of ether oxygens (including phenoxy) is 1. The molecule has 0 aliphatic rings. The van der Waals surface area contributed by atoms with E-state index in [1.807, 2.05) is 30.3 Å². The molecule has 2 N–H and O–H groups in total. The van der Waals surface area contributed by atoms with Gasteiger partial charge in [0.15, 0.2) is 11.4 Å². The van der Waals surface area contributed by atoms with Crippen molar-refractivity contribution in [2.75, 3.05) is 13.2 Å². The first kappa shape index (κ1) is 22.9. The molecule has 7 nitrogen and oxygen atoms in total. The Bertz CT molecular complexity index is 1070. The topological polar surface area (TPSA) is 101 Å². The normalized spacial score (nSPS) is 10.6. The SMILES string of the molecule is CCOC(=O)CNC(=O)c1nc(Cc2ccc(CCc3ccccc3)cc2)nc(C)c1O. The van der Waals surface area contributed by atoms with E-state index in [-0.39, 0.29) is 24.6 Å². The second kappa shape index (κ2) is 11.0. The first-order chi connectivity index (χ1) is 15.5. The Labute approximate surface area is 187 Å². The monoisotopic (exact) mass is 433 g/mol. The molecule has 166 valence electrons. The number of nitrogens with zero attached hydrogens (tertiary/aromatic N) is 2. The summed E-state index contributed by atoms with van der Waals surface area (Å²) in [7, 11) is 0. The molecule has 2 aromatic carbocycles. The molecule has 0 unspecified atom stereocenters. The maximum Gasteiger partial charge on any atom is 0.325 e. The lowest BCUT2D eigenvalue weighted by Crippen LogP contribution is -2.31. The van der Waals surface area contributed by atoms with Crippen molar-refractivity contribution in [1.82, 2.24) is 15.3 Å². The Morgan fingerprint density at radius 3 is 2.22 bits per heavy atom. The van der Waals surface area contributed by atoms with E-state index in [9.17, 15) is 14.7 Å². The van der Waals surface area contributed by atoms with Gasteiger partial charge in [-0.25, -0.2) is 9.97 Å². The number of rotatable bonds is 9. The van der Waals surface area contributed by atoms with E-state index in [0.717, 1.165) is 18.4 Å². The van der Waals surface area contributed by atoms with Crippen LogP contribution >= 0.6 is 0 Å². The molecular formula is C25H27N3O4. The molecule has 3 aromatic rings. The van der Waals surface area contributed by atoms with E-state index in [2.05, 4.69) is 39.6 Å². The molecule has 1 amide bonds. The maximum absolute atomic E-state index is 12.4. The zero-order valence-electron chi connectivity index (χ0n) is 18.3. The number of aryl methyl sites for hydroxylation is 3. The summed E-state index contributed by atoms with van der Waals surface area (Å²) in [6.07, 6.45) is 2.34. The van der Waals surface area contributed by atoms with Crippen molar-refractivity contribution in [3.8, 4) is 5.75 Å². The predicted octanol–water partition coefficient (Wildman–Crippen LogP) is 3.16. The third kappa shape index (κ3) is 6.38. The van der Waals surface area contributed by atoms with Crippen LogP contribution in [-0.4, -0.2) is 40.1 Å². The van der Waals surface area contributed by atoms with Crippen LogP contribution in [0.25, 0.3) is 0 Å². The molecule has 0 radical (unpaired) electrons. The number of carbonyl (C=O) groups is 2. The van der Waals surface area contributed by atoms with Gasteiger partial charge in [-0.3, -0.25) is 9.59 Å². The quantitative estimate of drug-likeness (QED) is 0.503. The van der Waals surface area contributed by atoms with Gasteiger partial charge in [-0.2, -0.15) is 0 Å². The van der Waals surface area contributed by atoms with Crippen LogP contribution in [0.3, 0.4) is 0 Å². The average molecular weight is 434 g/mol. The van der Waals surface area contributed by atoms with E-state index in [4.69, 9.17) is 4.74 Å². The van der Waals surface area contributed by atoms with Crippen molar-refractivity contribution >= 4 is 11.9 Å². The van der Waals surface area contributed by atoms with Gasteiger partial charge in [-0.1, -0.05) is 54.6 Å². The van der Waals surface area contributed by atoms with Crippen LogP contribution in [-0.2, 0) is 28.8 Å². The molecule has 1 aromatic heterocycles. The van der Waals surface area contributed by atoms with E-state index < -0.39 is 11.9 Å². The molecule has 0 fully saturated rings. The standard InChI is InChI=1S/C25H27N3O4/c1-3-32-22(29)16-26-25(31)23-24(30)17(2)27-21(28-23)15-20-13-11-19(12-14-20)10-9-18-7-5-4-6-8-18/h4-8,11-14,30H,3,9-10,15-16H2,1-2H3,(H,26,31). The molecule has 0 aliphatic carbocycles. The van der Waals surface area contributed by atoms with Gasteiger partial charge in [-0.15, -0.1) is 0 Å². The minimum atomic E-state index is -0.654. The summed E-state index contributed by atoms with van der Waals surface area (Å²) < 4.78 is 4.79. The van der Waals surface area contributed by atoms with Crippen LogP contribution in [0.15, 0.2) is 54.6 Å². The van der Waals surface area contributed by atoms with Crippen LogP contribution in [0.5, 0.6) is 5.75 Å². The summed E-state index contributed by atoms with van der Waals surface area (Å²) >= 11 is 0. The minimum Gasteiger partial charge on any atom is -0.504 e. The van der Waals surface area contributed by atoms with Crippen LogP contribution in [0.4, 0.5) is 0 Å². The number of nitrogens with one attached hydrogen (secondary N) is 1. The van der Waals surface area contributed by atoms with Gasteiger partial charge < -0.3 is 15.2 Å². The number of aromatic nitrogens is 2. The van der Waals surface area contributed by atoms with Crippen molar-refractivity contribution in [1.29, 1.82) is 0 Å². The summed E-state index contributed by atoms with van der Waals surface area (Å²) in [5, 5.41) is 12.6. The Morgan fingerprint density at radius 1 is 0.938 bits per heavy atom. The van der Waals surface area contributed by atoms with E-state index in [1.165, 1.54) is 11.1 Å². The van der Waals surface area contributed by atoms with Gasteiger partial charge in [0.25, 0.3) is 5.91 Å². The first-order valence-corrected chi connectivity index (χ1v) is 10.6. The van der Waals surface area contributed by atoms with Crippen LogP contribution in [0, 0.1) is 6.92 Å². The Kier molecular flexibility index (Phi) is 7.91. The summed E-state index contributed by atoms with van der Waals surface area (Å²) in [6.45, 7) is 3.22. The lowest BCUT2D eigenvalue weighted by Gasteiger charge is -2.10. The summed E-state index contributed by atoms with van der Waals surface area (Å²) in [6, 6.07) is 18.6. The van der Waals surface area contributed by atoms with Gasteiger partial charge in [0, 0.05) is 6.42 Å². The van der Waals surface area contributed by atoms with Gasteiger partial charge in [0.05, 0.1) is 12.3 Å². The predicted molar refractivity (Wildman–Crippen MR) is 120 cm³/mol. The smallest absolute Gasteiger partial charge is 0.325 e. The highest BCUT2D eigenvalue weighted by molar-refractivity contribution is 5.96. The van der Waals surface area contributed by atoms with Crippen molar-refractivity contribution in [2.24, 2.45) is 0 Å². The number of hydrogen-bond donors (Lipinski definition) is 2. The van der Waals surface area contributed by atoms with E-state index in [0.29, 0.717) is 17.9 Å². The highest BCUT2D eigenvalue weighted by Crippen LogP contribution is 2.20. The van der Waals surface area contributed by atoms with Gasteiger partial charge in [0.2, 0.25) is 0 Å². The fraction of sp³-hybridized carbons (Fsp3) is 0.280. The molecule has 3 rings (SSSR count). The highest BCUT2D eigenvalue weighted by Gasteiger charge is 2.19. The summed E-state index contributed by atoms with van der Waals surface area (Å²) in [5.41, 5.74) is 3.68. The Balaban J connectivity index is 1.65. The molecule has 7 heteroatoms. The number of hydrogen-bond acceptors (Lipinski definition) is 6. The zero-order chi connectivity index (χ0) is 22.9. The summed E-state index contributed by atoms with van der Waals surface area (Å²) in [4.78, 5) is 32.4.